The lowest BCUT2D eigenvalue weighted by atomic mass is 9.80. The largest absolute Gasteiger partial charge is 0.423 e. The van der Waals surface area contributed by atoms with Crippen molar-refractivity contribution in [2.45, 2.75) is 71.1 Å². The molecule has 7 heteroatoms. The van der Waals surface area contributed by atoms with Crippen LogP contribution in [0.2, 0.25) is 5.02 Å². The fourth-order valence-corrected chi connectivity index (χ4v) is 5.18. The minimum absolute atomic E-state index is 0.0678. The molecule has 5 nitrogen and oxygen atoms in total. The maximum atomic E-state index is 13.0. The first-order chi connectivity index (χ1) is 14.6. The molecular formula is C25H34ClNO4S. The molecule has 0 heterocycles. The summed E-state index contributed by atoms with van der Waals surface area (Å²) in [5.41, 5.74) is 1.96. The third-order valence-electron chi connectivity index (χ3n) is 5.34. The topological polar surface area (TPSA) is 63.7 Å². The second kappa shape index (κ2) is 9.54. The summed E-state index contributed by atoms with van der Waals surface area (Å²) in [7, 11) is -3.82. The molecule has 0 aliphatic heterocycles. The number of ether oxygens (including phenoxy) is 1. The van der Waals surface area contributed by atoms with Crippen LogP contribution in [-0.2, 0) is 20.9 Å². The van der Waals surface area contributed by atoms with Gasteiger partial charge in [0, 0.05) is 13.1 Å². The smallest absolute Gasteiger partial charge is 0.343 e. The van der Waals surface area contributed by atoms with Gasteiger partial charge in [0.15, 0.2) is 0 Å². The lowest BCUT2D eigenvalue weighted by Gasteiger charge is -2.26. The summed E-state index contributed by atoms with van der Waals surface area (Å²) >= 11 is 6.19. The number of benzene rings is 2. The number of hydrogen-bond donors (Lipinski definition) is 0. The number of rotatable bonds is 6. The number of halogens is 1. The molecule has 0 atom stereocenters. The van der Waals surface area contributed by atoms with E-state index < -0.39 is 16.0 Å². The molecule has 0 bridgehead atoms. The zero-order chi connectivity index (χ0) is 24.5. The highest BCUT2D eigenvalue weighted by Gasteiger charge is 2.27. The quantitative estimate of drug-likeness (QED) is 0.366. The van der Waals surface area contributed by atoms with Crippen molar-refractivity contribution in [3.63, 3.8) is 0 Å². The van der Waals surface area contributed by atoms with Crippen molar-refractivity contribution in [1.29, 1.82) is 0 Å². The van der Waals surface area contributed by atoms with Crippen molar-refractivity contribution in [2.75, 3.05) is 13.1 Å². The number of nitrogens with zero attached hydrogens (tertiary/aromatic N) is 1. The summed E-state index contributed by atoms with van der Waals surface area (Å²) in [5, 5.41) is 0.0678. The van der Waals surface area contributed by atoms with E-state index in [2.05, 4.69) is 47.6 Å². The van der Waals surface area contributed by atoms with Gasteiger partial charge in [0.25, 0.3) is 0 Å². The zero-order valence-corrected chi connectivity index (χ0v) is 21.8. The third kappa shape index (κ3) is 5.91. The highest BCUT2D eigenvalue weighted by atomic mass is 35.5. The first-order valence-electron chi connectivity index (χ1n) is 10.8. The van der Waals surface area contributed by atoms with Crippen molar-refractivity contribution >= 4 is 27.6 Å². The number of sulfonamides is 1. The fraction of sp³-hybridized carbons (Fsp3) is 0.480. The van der Waals surface area contributed by atoms with Gasteiger partial charge >= 0.3 is 5.97 Å². The number of hydrogen-bond acceptors (Lipinski definition) is 4. The van der Waals surface area contributed by atoms with Crippen LogP contribution in [0.5, 0.6) is 5.75 Å². The van der Waals surface area contributed by atoms with E-state index in [1.807, 2.05) is 12.1 Å². The Balaban J connectivity index is 2.48. The molecule has 0 saturated heterocycles. The van der Waals surface area contributed by atoms with Crippen LogP contribution in [-0.4, -0.2) is 31.8 Å². The van der Waals surface area contributed by atoms with Crippen LogP contribution in [0.25, 0.3) is 0 Å². The van der Waals surface area contributed by atoms with Gasteiger partial charge in [-0.1, -0.05) is 73.1 Å². The summed E-state index contributed by atoms with van der Waals surface area (Å²) in [6.07, 6.45) is 0. The molecule has 0 aliphatic rings. The normalized spacial score (nSPS) is 12.8. The van der Waals surface area contributed by atoms with Crippen molar-refractivity contribution in [3.8, 4) is 5.75 Å². The third-order valence-corrected chi connectivity index (χ3v) is 7.87. The second-order valence-electron chi connectivity index (χ2n) is 9.87. The fourth-order valence-electron chi connectivity index (χ4n) is 3.22. The van der Waals surface area contributed by atoms with Crippen molar-refractivity contribution in [2.24, 2.45) is 0 Å². The van der Waals surface area contributed by atoms with E-state index in [0.29, 0.717) is 18.8 Å². The van der Waals surface area contributed by atoms with E-state index in [4.69, 9.17) is 16.3 Å². The molecule has 32 heavy (non-hydrogen) atoms. The van der Waals surface area contributed by atoms with Crippen LogP contribution in [0.15, 0.2) is 41.3 Å². The van der Waals surface area contributed by atoms with Gasteiger partial charge in [-0.3, -0.25) is 0 Å². The number of carbonyl (C=O) groups is 1. The molecule has 2 aromatic carbocycles. The predicted molar refractivity (Wildman–Crippen MR) is 130 cm³/mol. The molecule has 0 radical (unpaired) electrons. The van der Waals surface area contributed by atoms with E-state index in [-0.39, 0.29) is 26.3 Å². The first kappa shape index (κ1) is 26.4. The second-order valence-corrected chi connectivity index (χ2v) is 12.2. The van der Waals surface area contributed by atoms with E-state index in [1.54, 1.807) is 13.8 Å². The van der Waals surface area contributed by atoms with Crippen molar-refractivity contribution < 1.29 is 17.9 Å². The molecule has 0 N–H and O–H groups in total. The van der Waals surface area contributed by atoms with Crippen molar-refractivity contribution in [1.82, 2.24) is 4.31 Å². The van der Waals surface area contributed by atoms with Gasteiger partial charge in [-0.25, -0.2) is 13.2 Å². The van der Waals surface area contributed by atoms with Crippen LogP contribution in [0.1, 0.15) is 76.9 Å². The molecule has 176 valence electrons. The van der Waals surface area contributed by atoms with Crippen LogP contribution in [0.3, 0.4) is 0 Å². The van der Waals surface area contributed by atoms with E-state index in [9.17, 15) is 13.2 Å². The average Bonchev–Trinajstić information content (AvgIpc) is 2.67. The van der Waals surface area contributed by atoms with Crippen LogP contribution in [0, 0.1) is 0 Å². The molecule has 0 fully saturated rings. The van der Waals surface area contributed by atoms with E-state index in [0.717, 1.165) is 11.1 Å². The Kier molecular flexibility index (Phi) is 7.86. The summed E-state index contributed by atoms with van der Waals surface area (Å²) in [6.45, 7) is 16.7. The Morgan fingerprint density at radius 2 is 1.41 bits per heavy atom. The Morgan fingerprint density at radius 3 is 1.84 bits per heavy atom. The van der Waals surface area contributed by atoms with Crippen LogP contribution >= 0.6 is 11.6 Å². The molecule has 2 aromatic rings. The predicted octanol–water partition coefficient (Wildman–Crippen LogP) is 6.18. The Labute approximate surface area is 197 Å². The SMILES string of the molecule is CCN(CC)S(=O)(=O)c1cc(C(=O)Oc2cc(C(C)(C)C)cc(C(C)(C)C)c2)ccc1Cl. The minimum atomic E-state index is -3.82. The highest BCUT2D eigenvalue weighted by molar-refractivity contribution is 7.89. The molecule has 0 unspecified atom stereocenters. The molecule has 0 saturated carbocycles. The standard InChI is InChI=1S/C25H34ClNO4S/c1-9-27(10-2)32(29,30)22-13-17(11-12-21(22)26)23(28)31-20-15-18(24(3,4)5)14-19(16-20)25(6,7)8/h11-16H,9-10H2,1-8H3. The van der Waals surface area contributed by atoms with E-state index >= 15 is 0 Å². The number of esters is 1. The highest BCUT2D eigenvalue weighted by Crippen LogP contribution is 2.33. The van der Waals surface area contributed by atoms with Gasteiger partial charge in [0.2, 0.25) is 10.0 Å². The lowest BCUT2D eigenvalue weighted by Crippen LogP contribution is -2.31. The van der Waals surface area contributed by atoms with Gasteiger partial charge in [0.05, 0.1) is 10.6 Å². The summed E-state index contributed by atoms with van der Waals surface area (Å²) in [5.74, 6) is -0.209. The molecule has 0 aliphatic carbocycles. The Bertz CT molecular complexity index is 1060. The summed E-state index contributed by atoms with van der Waals surface area (Å²) in [6, 6.07) is 10.0. The molecule has 0 amide bonds. The van der Waals surface area contributed by atoms with Crippen LogP contribution in [0.4, 0.5) is 0 Å². The van der Waals surface area contributed by atoms with Gasteiger partial charge in [-0.15, -0.1) is 0 Å². The Morgan fingerprint density at radius 1 is 0.906 bits per heavy atom. The monoisotopic (exact) mass is 479 g/mol. The maximum Gasteiger partial charge on any atom is 0.343 e. The van der Waals surface area contributed by atoms with Gasteiger partial charge in [-0.05, 0) is 52.3 Å². The zero-order valence-electron chi connectivity index (χ0n) is 20.2. The van der Waals surface area contributed by atoms with E-state index in [1.165, 1.54) is 22.5 Å². The lowest BCUT2D eigenvalue weighted by molar-refractivity contribution is 0.0734. The Hall–Kier alpha value is -1.89. The summed E-state index contributed by atoms with van der Waals surface area (Å²) in [4.78, 5) is 12.9. The number of carbonyl (C=O) groups excluding carboxylic acids is 1. The molecule has 0 spiro atoms. The average molecular weight is 480 g/mol. The van der Waals surface area contributed by atoms with Crippen molar-refractivity contribution in [3.05, 3.63) is 58.1 Å². The maximum absolute atomic E-state index is 13.0. The van der Waals surface area contributed by atoms with Gasteiger partial charge in [0.1, 0.15) is 10.6 Å². The summed E-state index contributed by atoms with van der Waals surface area (Å²) < 4.78 is 32.9. The van der Waals surface area contributed by atoms with Gasteiger partial charge < -0.3 is 4.74 Å². The first-order valence-corrected chi connectivity index (χ1v) is 12.6. The van der Waals surface area contributed by atoms with Crippen LogP contribution < -0.4 is 4.74 Å². The minimum Gasteiger partial charge on any atom is -0.423 e. The molecule has 2 rings (SSSR count). The van der Waals surface area contributed by atoms with Gasteiger partial charge in [-0.2, -0.15) is 4.31 Å². The molecular weight excluding hydrogens is 446 g/mol. The molecule has 0 aromatic heterocycles.